The number of rotatable bonds is 5. The predicted molar refractivity (Wildman–Crippen MR) is 128 cm³/mol. The zero-order valence-electron chi connectivity index (χ0n) is 19.2. The van der Waals surface area contributed by atoms with Crippen LogP contribution in [0.4, 0.5) is 0 Å². The number of imidazole rings is 1. The molecule has 0 spiro atoms. The average Bonchev–Trinajstić information content (AvgIpc) is 3.45. The van der Waals surface area contributed by atoms with Gasteiger partial charge in [0.1, 0.15) is 6.33 Å². The topological polar surface area (TPSA) is 48.5 Å². The summed E-state index contributed by atoms with van der Waals surface area (Å²) >= 11 is 0. The Morgan fingerprint density at radius 1 is 0.848 bits per heavy atom. The van der Waals surface area contributed by atoms with Crippen LogP contribution in [0.15, 0.2) is 73.3 Å². The molecule has 6 heteroatoms. The Balaban J connectivity index is 0.00000259. The van der Waals surface area contributed by atoms with Gasteiger partial charge in [0, 0.05) is 31.3 Å². The van der Waals surface area contributed by atoms with E-state index in [0.29, 0.717) is 11.8 Å². The molecular formula is C27H26IrN5-. The fourth-order valence-corrected chi connectivity index (χ4v) is 4.22. The van der Waals surface area contributed by atoms with E-state index >= 15 is 0 Å². The van der Waals surface area contributed by atoms with E-state index in [1.807, 2.05) is 35.3 Å². The van der Waals surface area contributed by atoms with Crippen LogP contribution < -0.4 is 0 Å². The standard InChI is InChI=1S/C27H26N5.Ir/c1-18(2)22-11-8-12-23(19(3)4)26(22)32-27(28-16-30-32)20-13-14-24-25(15-20)31(17-29-24)21-9-6-5-7-10-21;/h5-12,14-19H,1-4H3;/q-1;. The van der Waals surface area contributed by atoms with Gasteiger partial charge in [-0.3, -0.25) is 14.6 Å². The van der Waals surface area contributed by atoms with Crippen LogP contribution in [0.1, 0.15) is 50.7 Å². The van der Waals surface area contributed by atoms with Crippen LogP contribution in [0.2, 0.25) is 0 Å². The van der Waals surface area contributed by atoms with Gasteiger partial charge in [-0.15, -0.1) is 23.8 Å². The van der Waals surface area contributed by atoms with Gasteiger partial charge >= 0.3 is 0 Å². The monoisotopic (exact) mass is 613 g/mol. The van der Waals surface area contributed by atoms with Crippen LogP contribution in [0.5, 0.6) is 0 Å². The van der Waals surface area contributed by atoms with Gasteiger partial charge in [-0.25, -0.2) is 0 Å². The Morgan fingerprint density at radius 2 is 1.55 bits per heavy atom. The van der Waals surface area contributed by atoms with Gasteiger partial charge in [0.25, 0.3) is 0 Å². The third-order valence-electron chi connectivity index (χ3n) is 5.86. The molecule has 0 saturated heterocycles. The molecule has 3 aromatic carbocycles. The summed E-state index contributed by atoms with van der Waals surface area (Å²) in [5, 5.41) is 4.66. The number of para-hydroxylation sites is 2. The molecule has 0 atom stereocenters. The summed E-state index contributed by atoms with van der Waals surface area (Å²) in [4.78, 5) is 9.21. The van der Waals surface area contributed by atoms with Crippen molar-refractivity contribution in [2.24, 2.45) is 0 Å². The van der Waals surface area contributed by atoms with E-state index < -0.39 is 0 Å². The number of aromatic nitrogens is 5. The van der Waals surface area contributed by atoms with Crippen LogP contribution >= 0.6 is 0 Å². The van der Waals surface area contributed by atoms with Crippen LogP contribution in [-0.4, -0.2) is 24.3 Å². The van der Waals surface area contributed by atoms with Crippen molar-refractivity contribution in [3.8, 4) is 22.8 Å². The Bertz CT molecular complexity index is 1360. The van der Waals surface area contributed by atoms with Crippen molar-refractivity contribution >= 4 is 11.0 Å². The molecule has 169 valence electrons. The number of nitrogens with zero attached hydrogens (tertiary/aromatic N) is 5. The second kappa shape index (κ2) is 9.42. The third kappa shape index (κ3) is 4.17. The van der Waals surface area contributed by atoms with Gasteiger partial charge in [0.05, 0.1) is 17.8 Å². The van der Waals surface area contributed by atoms with Crippen LogP contribution in [0, 0.1) is 6.07 Å². The summed E-state index contributed by atoms with van der Waals surface area (Å²) in [5.41, 5.74) is 7.52. The summed E-state index contributed by atoms with van der Waals surface area (Å²) in [6, 6.07) is 24.2. The van der Waals surface area contributed by atoms with Gasteiger partial charge in [0.2, 0.25) is 0 Å². The molecule has 0 aliphatic carbocycles. The van der Waals surface area contributed by atoms with E-state index in [4.69, 9.17) is 0 Å². The van der Waals surface area contributed by atoms with Crippen molar-refractivity contribution in [1.82, 2.24) is 24.3 Å². The molecule has 1 radical (unpaired) electrons. The van der Waals surface area contributed by atoms with E-state index in [1.54, 1.807) is 6.33 Å². The summed E-state index contributed by atoms with van der Waals surface area (Å²) in [5.74, 6) is 1.51. The van der Waals surface area contributed by atoms with Gasteiger partial charge in [-0.2, -0.15) is 5.10 Å². The molecule has 5 rings (SSSR count). The minimum absolute atomic E-state index is 0. The van der Waals surface area contributed by atoms with Crippen molar-refractivity contribution in [1.29, 1.82) is 0 Å². The Labute approximate surface area is 207 Å². The van der Waals surface area contributed by atoms with E-state index in [1.165, 1.54) is 11.1 Å². The summed E-state index contributed by atoms with van der Waals surface area (Å²) < 4.78 is 4.07. The molecule has 2 heterocycles. The van der Waals surface area contributed by atoms with Gasteiger partial charge in [-0.05, 0) is 40.6 Å². The van der Waals surface area contributed by atoms with Crippen LogP contribution in [-0.2, 0) is 20.1 Å². The SMILES string of the molecule is CC(C)c1cccc(C(C)C)c1-n1ncnc1-c1[c-]cc2ncn(-c3ccccc3)c2c1.[Ir]. The predicted octanol–water partition coefficient (Wildman–Crippen LogP) is 6.32. The molecule has 0 unspecified atom stereocenters. The first-order valence-electron chi connectivity index (χ1n) is 11.0. The third-order valence-corrected chi connectivity index (χ3v) is 5.86. The van der Waals surface area contributed by atoms with Crippen LogP contribution in [0.3, 0.4) is 0 Å². The average molecular weight is 613 g/mol. The van der Waals surface area contributed by atoms with Gasteiger partial charge < -0.3 is 4.57 Å². The van der Waals surface area contributed by atoms with E-state index in [2.05, 4.69) is 89.8 Å². The minimum Gasteiger partial charge on any atom is -0.318 e. The van der Waals surface area contributed by atoms with E-state index in [-0.39, 0.29) is 20.1 Å². The molecule has 33 heavy (non-hydrogen) atoms. The first kappa shape index (κ1) is 23.1. The van der Waals surface area contributed by atoms with Crippen molar-refractivity contribution in [2.75, 3.05) is 0 Å². The normalized spacial score (nSPS) is 11.3. The van der Waals surface area contributed by atoms with Crippen molar-refractivity contribution in [2.45, 2.75) is 39.5 Å². The zero-order valence-corrected chi connectivity index (χ0v) is 21.5. The second-order valence-corrected chi connectivity index (χ2v) is 8.66. The molecule has 0 N–H and O–H groups in total. The number of fused-ring (bicyclic) bond motifs is 1. The van der Waals surface area contributed by atoms with E-state index in [9.17, 15) is 0 Å². The van der Waals surface area contributed by atoms with Crippen molar-refractivity contribution in [3.63, 3.8) is 0 Å². The first-order valence-corrected chi connectivity index (χ1v) is 11.0. The molecule has 0 bridgehead atoms. The number of benzene rings is 3. The first-order chi connectivity index (χ1) is 15.5. The Kier molecular flexibility index (Phi) is 6.59. The quantitative estimate of drug-likeness (QED) is 0.219. The molecule has 0 aliphatic heterocycles. The fraction of sp³-hybridized carbons (Fsp3) is 0.222. The van der Waals surface area contributed by atoms with Crippen molar-refractivity contribution in [3.05, 3.63) is 90.5 Å². The van der Waals surface area contributed by atoms with Gasteiger partial charge in [0.15, 0.2) is 0 Å². The Hall–Kier alpha value is -3.08. The second-order valence-electron chi connectivity index (χ2n) is 8.66. The molecule has 0 aliphatic rings. The summed E-state index contributed by atoms with van der Waals surface area (Å²) in [7, 11) is 0. The summed E-state index contributed by atoms with van der Waals surface area (Å²) in [6.07, 6.45) is 3.48. The van der Waals surface area contributed by atoms with Crippen molar-refractivity contribution < 1.29 is 20.1 Å². The molecule has 5 nitrogen and oxygen atoms in total. The minimum atomic E-state index is 0. The largest absolute Gasteiger partial charge is 0.318 e. The zero-order chi connectivity index (χ0) is 22.2. The Morgan fingerprint density at radius 3 is 2.21 bits per heavy atom. The maximum absolute atomic E-state index is 4.66. The molecule has 0 fully saturated rings. The molecular weight excluding hydrogens is 587 g/mol. The number of hydrogen-bond acceptors (Lipinski definition) is 3. The maximum atomic E-state index is 4.66. The molecule has 2 aromatic heterocycles. The smallest absolute Gasteiger partial charge is 0.127 e. The van der Waals surface area contributed by atoms with Gasteiger partial charge in [-0.1, -0.05) is 64.1 Å². The molecule has 0 amide bonds. The van der Waals surface area contributed by atoms with Crippen LogP contribution in [0.25, 0.3) is 33.8 Å². The number of hydrogen-bond donors (Lipinski definition) is 0. The fourth-order valence-electron chi connectivity index (χ4n) is 4.22. The summed E-state index contributed by atoms with van der Waals surface area (Å²) in [6.45, 7) is 8.87. The van der Waals surface area contributed by atoms with E-state index in [0.717, 1.165) is 33.8 Å². The molecule has 0 saturated carbocycles. The molecule has 5 aromatic rings. The maximum Gasteiger partial charge on any atom is 0.127 e.